The van der Waals surface area contributed by atoms with Gasteiger partial charge in [-0.15, -0.1) is 5.92 Å². The first-order chi connectivity index (χ1) is 7.15. The summed E-state index contributed by atoms with van der Waals surface area (Å²) in [6.45, 7) is 8.30. The minimum atomic E-state index is -0.276. The van der Waals surface area contributed by atoms with Crippen LogP contribution >= 0.6 is 0 Å². The fraction of sp³-hybridized carbons (Fsp3) is 0.750. The third-order valence-electron chi connectivity index (χ3n) is 2.63. The molecule has 0 bridgehead atoms. The monoisotopic (exact) mass is 209 g/mol. The molecule has 0 saturated carbocycles. The van der Waals surface area contributed by atoms with Crippen LogP contribution in [0, 0.1) is 11.8 Å². The van der Waals surface area contributed by atoms with Crippen molar-refractivity contribution in [2.45, 2.75) is 39.3 Å². The molecule has 0 radical (unpaired) electrons. The number of hydrogen-bond donors (Lipinski definition) is 0. The van der Waals surface area contributed by atoms with E-state index in [-0.39, 0.29) is 11.9 Å². The first-order valence-electron chi connectivity index (χ1n) is 5.43. The zero-order valence-electron chi connectivity index (χ0n) is 9.75. The van der Waals surface area contributed by atoms with E-state index in [0.29, 0.717) is 25.6 Å². The maximum atomic E-state index is 11.7. The molecule has 0 spiro atoms. The van der Waals surface area contributed by atoms with Crippen molar-refractivity contribution in [3.63, 3.8) is 0 Å². The average molecular weight is 209 g/mol. The molecule has 0 aliphatic carbocycles. The zero-order valence-corrected chi connectivity index (χ0v) is 9.75. The number of Topliss-reactive ketones (excluding diaryl/α,β-unsaturated/α-hetero) is 1. The van der Waals surface area contributed by atoms with Crippen LogP contribution in [0.2, 0.25) is 0 Å². The SMILES string of the molecule is CC#CCC(=O)C1CN(C(C)C)CCO1. The van der Waals surface area contributed by atoms with Gasteiger partial charge < -0.3 is 4.74 Å². The number of ether oxygens (including phenoxy) is 1. The Morgan fingerprint density at radius 3 is 2.93 bits per heavy atom. The molecular weight excluding hydrogens is 190 g/mol. The normalized spacial score (nSPS) is 22.3. The molecule has 0 aromatic heterocycles. The van der Waals surface area contributed by atoms with Gasteiger partial charge in [-0.05, 0) is 20.8 Å². The fourth-order valence-corrected chi connectivity index (χ4v) is 1.62. The van der Waals surface area contributed by atoms with Gasteiger partial charge in [0, 0.05) is 19.1 Å². The van der Waals surface area contributed by atoms with Crippen molar-refractivity contribution in [3.05, 3.63) is 0 Å². The van der Waals surface area contributed by atoms with Gasteiger partial charge in [-0.1, -0.05) is 5.92 Å². The molecule has 3 nitrogen and oxygen atoms in total. The van der Waals surface area contributed by atoms with E-state index < -0.39 is 0 Å². The van der Waals surface area contributed by atoms with Gasteiger partial charge in [0.2, 0.25) is 0 Å². The molecule has 84 valence electrons. The molecule has 15 heavy (non-hydrogen) atoms. The Balaban J connectivity index is 2.47. The summed E-state index contributed by atoms with van der Waals surface area (Å²) in [7, 11) is 0. The summed E-state index contributed by atoms with van der Waals surface area (Å²) < 4.78 is 5.46. The Morgan fingerprint density at radius 1 is 1.60 bits per heavy atom. The topological polar surface area (TPSA) is 29.5 Å². The molecule has 0 amide bonds. The van der Waals surface area contributed by atoms with Gasteiger partial charge in [0.05, 0.1) is 13.0 Å². The van der Waals surface area contributed by atoms with Crippen LogP contribution in [0.5, 0.6) is 0 Å². The summed E-state index contributed by atoms with van der Waals surface area (Å²) in [5.74, 6) is 5.63. The van der Waals surface area contributed by atoms with Crippen LogP contribution in [0.15, 0.2) is 0 Å². The molecule has 0 N–H and O–H groups in total. The van der Waals surface area contributed by atoms with E-state index in [4.69, 9.17) is 4.74 Å². The Bertz CT molecular complexity index is 275. The maximum Gasteiger partial charge on any atom is 0.174 e. The van der Waals surface area contributed by atoms with Crippen LogP contribution in [0.3, 0.4) is 0 Å². The molecule has 0 aromatic rings. The largest absolute Gasteiger partial charge is 0.368 e. The van der Waals surface area contributed by atoms with Crippen LogP contribution in [-0.4, -0.2) is 42.5 Å². The number of carbonyl (C=O) groups excluding carboxylic acids is 1. The number of carbonyl (C=O) groups is 1. The Morgan fingerprint density at radius 2 is 2.33 bits per heavy atom. The van der Waals surface area contributed by atoms with Gasteiger partial charge >= 0.3 is 0 Å². The summed E-state index contributed by atoms with van der Waals surface area (Å²) >= 11 is 0. The second-order valence-corrected chi connectivity index (χ2v) is 4.02. The highest BCUT2D eigenvalue weighted by atomic mass is 16.5. The van der Waals surface area contributed by atoms with Crippen molar-refractivity contribution in [3.8, 4) is 11.8 Å². The van der Waals surface area contributed by atoms with Gasteiger partial charge in [-0.3, -0.25) is 9.69 Å². The highest BCUT2D eigenvalue weighted by Gasteiger charge is 2.26. The quantitative estimate of drug-likeness (QED) is 0.651. The molecule has 1 aliphatic heterocycles. The van der Waals surface area contributed by atoms with Crippen LogP contribution in [-0.2, 0) is 9.53 Å². The lowest BCUT2D eigenvalue weighted by atomic mass is 10.1. The van der Waals surface area contributed by atoms with Gasteiger partial charge in [0.25, 0.3) is 0 Å². The number of morpholine rings is 1. The van der Waals surface area contributed by atoms with Gasteiger partial charge in [-0.25, -0.2) is 0 Å². The van der Waals surface area contributed by atoms with Crippen molar-refractivity contribution in [1.82, 2.24) is 4.90 Å². The average Bonchev–Trinajstić information content (AvgIpc) is 2.26. The van der Waals surface area contributed by atoms with E-state index in [1.54, 1.807) is 6.92 Å². The van der Waals surface area contributed by atoms with Crippen LogP contribution < -0.4 is 0 Å². The third-order valence-corrected chi connectivity index (χ3v) is 2.63. The minimum Gasteiger partial charge on any atom is -0.368 e. The second kappa shape index (κ2) is 5.89. The molecule has 1 atom stereocenters. The lowest BCUT2D eigenvalue weighted by Crippen LogP contribution is -2.48. The number of rotatable bonds is 3. The predicted molar refractivity (Wildman–Crippen MR) is 59.5 cm³/mol. The van der Waals surface area contributed by atoms with E-state index in [9.17, 15) is 4.79 Å². The fourth-order valence-electron chi connectivity index (χ4n) is 1.62. The van der Waals surface area contributed by atoms with Crippen LogP contribution in [0.4, 0.5) is 0 Å². The van der Waals surface area contributed by atoms with Crippen molar-refractivity contribution in [1.29, 1.82) is 0 Å². The van der Waals surface area contributed by atoms with Gasteiger partial charge in [-0.2, -0.15) is 0 Å². The third kappa shape index (κ3) is 3.65. The smallest absolute Gasteiger partial charge is 0.174 e. The molecule has 1 saturated heterocycles. The molecule has 1 aliphatic rings. The number of hydrogen-bond acceptors (Lipinski definition) is 3. The van der Waals surface area contributed by atoms with Gasteiger partial charge in [0.1, 0.15) is 6.10 Å². The highest BCUT2D eigenvalue weighted by molar-refractivity contribution is 5.85. The summed E-state index contributed by atoms with van der Waals surface area (Å²) in [6.07, 6.45) is 0.0367. The van der Waals surface area contributed by atoms with E-state index in [1.165, 1.54) is 0 Å². The maximum absolute atomic E-state index is 11.7. The number of nitrogens with zero attached hydrogens (tertiary/aromatic N) is 1. The zero-order chi connectivity index (χ0) is 11.3. The molecule has 0 aromatic carbocycles. The van der Waals surface area contributed by atoms with Gasteiger partial charge in [0.15, 0.2) is 5.78 Å². The summed E-state index contributed by atoms with van der Waals surface area (Å²) in [6, 6.07) is 0.474. The van der Waals surface area contributed by atoms with Crippen molar-refractivity contribution < 1.29 is 9.53 Å². The predicted octanol–water partition coefficient (Wildman–Crippen LogP) is 1.08. The molecular formula is C12H19NO2. The lowest BCUT2D eigenvalue weighted by molar-refractivity contribution is -0.136. The van der Waals surface area contributed by atoms with Crippen molar-refractivity contribution in [2.24, 2.45) is 0 Å². The molecule has 1 heterocycles. The molecule has 3 heteroatoms. The molecule has 1 unspecified atom stereocenters. The van der Waals surface area contributed by atoms with Crippen molar-refractivity contribution >= 4 is 5.78 Å². The van der Waals surface area contributed by atoms with Crippen LogP contribution in [0.25, 0.3) is 0 Å². The van der Waals surface area contributed by atoms with E-state index in [2.05, 4.69) is 30.6 Å². The standard InChI is InChI=1S/C12H19NO2/c1-4-5-6-11(14)12-9-13(10(2)3)7-8-15-12/h10,12H,6-9H2,1-3H3. The first kappa shape index (κ1) is 12.2. The van der Waals surface area contributed by atoms with Crippen LogP contribution in [0.1, 0.15) is 27.2 Å². The summed E-state index contributed by atoms with van der Waals surface area (Å²) in [5, 5.41) is 0. The second-order valence-electron chi connectivity index (χ2n) is 4.02. The summed E-state index contributed by atoms with van der Waals surface area (Å²) in [5.41, 5.74) is 0. The van der Waals surface area contributed by atoms with Crippen molar-refractivity contribution in [2.75, 3.05) is 19.7 Å². The summed E-state index contributed by atoms with van der Waals surface area (Å²) in [4.78, 5) is 13.9. The molecule has 1 fully saturated rings. The Kier molecular flexibility index (Phi) is 4.80. The Hall–Kier alpha value is -0.850. The highest BCUT2D eigenvalue weighted by Crippen LogP contribution is 2.10. The first-order valence-corrected chi connectivity index (χ1v) is 5.43. The van der Waals surface area contributed by atoms with E-state index in [0.717, 1.165) is 6.54 Å². The lowest BCUT2D eigenvalue weighted by Gasteiger charge is -2.34. The molecule has 1 rings (SSSR count). The number of ketones is 1. The van der Waals surface area contributed by atoms with E-state index >= 15 is 0 Å². The Labute approximate surface area is 91.8 Å². The van der Waals surface area contributed by atoms with E-state index in [1.807, 2.05) is 0 Å². The minimum absolute atomic E-state index is 0.106.